The Balaban J connectivity index is 3.27. The molecule has 3 heteroatoms. The molecule has 0 aromatic heterocycles. The standard InChI is InChI=1S/C12H13BrO2/c1-3-8-12(2,11(14)15)9-6-4-5-7-10(9)13/h3-7H,1,8H2,2H3,(H,14,15). The van der Waals surface area contributed by atoms with Crippen LogP contribution in [0.25, 0.3) is 0 Å². The first kappa shape index (κ1) is 12.0. The Bertz CT molecular complexity index is 387. The minimum atomic E-state index is -0.915. The molecule has 1 aromatic rings. The predicted molar refractivity (Wildman–Crippen MR) is 63.9 cm³/mol. The first-order valence-corrected chi connectivity index (χ1v) is 5.41. The zero-order valence-corrected chi connectivity index (χ0v) is 10.1. The van der Waals surface area contributed by atoms with Gasteiger partial charge in [0.25, 0.3) is 0 Å². The number of rotatable bonds is 4. The summed E-state index contributed by atoms with van der Waals surface area (Å²) in [6, 6.07) is 7.37. The van der Waals surface area contributed by atoms with Gasteiger partial charge in [0.1, 0.15) is 0 Å². The molecule has 0 saturated heterocycles. The molecule has 0 radical (unpaired) electrons. The predicted octanol–water partition coefficient (Wildman–Crippen LogP) is 3.37. The quantitative estimate of drug-likeness (QED) is 0.851. The Morgan fingerprint density at radius 2 is 2.20 bits per heavy atom. The smallest absolute Gasteiger partial charge is 0.314 e. The van der Waals surface area contributed by atoms with Crippen LogP contribution < -0.4 is 0 Å². The molecule has 0 aliphatic carbocycles. The van der Waals surface area contributed by atoms with Crippen molar-refractivity contribution in [2.45, 2.75) is 18.8 Å². The molecule has 0 amide bonds. The third-order valence-electron chi connectivity index (χ3n) is 2.49. The van der Waals surface area contributed by atoms with Crippen molar-refractivity contribution in [1.82, 2.24) is 0 Å². The highest BCUT2D eigenvalue weighted by atomic mass is 79.9. The number of benzene rings is 1. The van der Waals surface area contributed by atoms with Gasteiger partial charge in [-0.1, -0.05) is 40.2 Å². The van der Waals surface area contributed by atoms with Gasteiger partial charge in [0.15, 0.2) is 0 Å². The fraction of sp³-hybridized carbons (Fsp3) is 0.250. The van der Waals surface area contributed by atoms with E-state index in [9.17, 15) is 9.90 Å². The van der Waals surface area contributed by atoms with Crippen LogP contribution in [0.15, 0.2) is 41.4 Å². The van der Waals surface area contributed by atoms with E-state index in [0.29, 0.717) is 6.42 Å². The van der Waals surface area contributed by atoms with Crippen LogP contribution in [0.2, 0.25) is 0 Å². The summed E-state index contributed by atoms with van der Waals surface area (Å²) < 4.78 is 0.816. The topological polar surface area (TPSA) is 37.3 Å². The summed E-state index contributed by atoms with van der Waals surface area (Å²) in [6.45, 7) is 5.31. The van der Waals surface area contributed by atoms with Gasteiger partial charge in [-0.3, -0.25) is 4.79 Å². The van der Waals surface area contributed by atoms with Crippen LogP contribution in [0.1, 0.15) is 18.9 Å². The summed E-state index contributed by atoms with van der Waals surface area (Å²) in [7, 11) is 0. The van der Waals surface area contributed by atoms with Crippen molar-refractivity contribution in [3.8, 4) is 0 Å². The Morgan fingerprint density at radius 1 is 1.60 bits per heavy atom. The lowest BCUT2D eigenvalue weighted by molar-refractivity contribution is -0.143. The highest BCUT2D eigenvalue weighted by Gasteiger charge is 2.35. The Kier molecular flexibility index (Phi) is 3.69. The minimum Gasteiger partial charge on any atom is -0.481 e. The van der Waals surface area contributed by atoms with Gasteiger partial charge in [-0.2, -0.15) is 0 Å². The van der Waals surface area contributed by atoms with Crippen molar-refractivity contribution in [2.24, 2.45) is 0 Å². The van der Waals surface area contributed by atoms with Crippen LogP contribution in [0, 0.1) is 0 Å². The van der Waals surface area contributed by atoms with Gasteiger partial charge in [-0.15, -0.1) is 6.58 Å². The fourth-order valence-corrected chi connectivity index (χ4v) is 2.23. The number of halogens is 1. The fourth-order valence-electron chi connectivity index (χ4n) is 1.51. The zero-order valence-electron chi connectivity index (χ0n) is 8.53. The molecule has 0 aliphatic heterocycles. The molecule has 0 bridgehead atoms. The van der Waals surface area contributed by atoms with Crippen LogP contribution in [0.5, 0.6) is 0 Å². The first-order valence-electron chi connectivity index (χ1n) is 4.61. The van der Waals surface area contributed by atoms with E-state index >= 15 is 0 Å². The summed E-state index contributed by atoms with van der Waals surface area (Å²) in [4.78, 5) is 11.3. The Labute approximate surface area is 97.8 Å². The molecule has 2 nitrogen and oxygen atoms in total. The average Bonchev–Trinajstić information content (AvgIpc) is 2.18. The maximum absolute atomic E-state index is 11.3. The molecular weight excluding hydrogens is 256 g/mol. The zero-order chi connectivity index (χ0) is 11.5. The number of hydrogen-bond acceptors (Lipinski definition) is 1. The number of carbonyl (C=O) groups is 1. The number of aliphatic carboxylic acids is 1. The van der Waals surface area contributed by atoms with E-state index in [1.807, 2.05) is 24.3 Å². The van der Waals surface area contributed by atoms with Gasteiger partial charge in [-0.05, 0) is 25.0 Å². The molecule has 0 spiro atoms. The molecule has 80 valence electrons. The van der Waals surface area contributed by atoms with Gasteiger partial charge in [0.05, 0.1) is 5.41 Å². The lowest BCUT2D eigenvalue weighted by Crippen LogP contribution is -2.32. The highest BCUT2D eigenvalue weighted by Crippen LogP contribution is 2.33. The summed E-state index contributed by atoms with van der Waals surface area (Å²) in [6.07, 6.45) is 2.04. The van der Waals surface area contributed by atoms with Gasteiger partial charge < -0.3 is 5.11 Å². The Morgan fingerprint density at radius 3 is 2.67 bits per heavy atom. The summed E-state index contributed by atoms with van der Waals surface area (Å²) in [5.41, 5.74) is -0.139. The largest absolute Gasteiger partial charge is 0.481 e. The summed E-state index contributed by atoms with van der Waals surface area (Å²) in [5.74, 6) is -0.839. The molecule has 0 aliphatic rings. The van der Waals surface area contributed by atoms with Crippen molar-refractivity contribution in [3.05, 3.63) is 47.0 Å². The van der Waals surface area contributed by atoms with E-state index in [0.717, 1.165) is 10.0 Å². The number of hydrogen-bond donors (Lipinski definition) is 1. The van der Waals surface area contributed by atoms with E-state index in [4.69, 9.17) is 0 Å². The second kappa shape index (κ2) is 4.62. The monoisotopic (exact) mass is 268 g/mol. The minimum absolute atomic E-state index is 0.408. The van der Waals surface area contributed by atoms with Crippen LogP contribution >= 0.6 is 15.9 Å². The first-order chi connectivity index (χ1) is 7.02. The SMILES string of the molecule is C=CCC(C)(C(=O)O)c1ccccc1Br. The second-order valence-electron chi connectivity index (χ2n) is 3.61. The molecule has 15 heavy (non-hydrogen) atoms. The van der Waals surface area contributed by atoms with Crippen molar-refractivity contribution >= 4 is 21.9 Å². The van der Waals surface area contributed by atoms with Crippen molar-refractivity contribution in [2.75, 3.05) is 0 Å². The van der Waals surface area contributed by atoms with Crippen molar-refractivity contribution in [3.63, 3.8) is 0 Å². The summed E-state index contributed by atoms with van der Waals surface area (Å²) in [5, 5.41) is 9.27. The summed E-state index contributed by atoms with van der Waals surface area (Å²) >= 11 is 3.37. The van der Waals surface area contributed by atoms with Crippen LogP contribution in [0.4, 0.5) is 0 Å². The van der Waals surface area contributed by atoms with Crippen molar-refractivity contribution < 1.29 is 9.90 Å². The van der Waals surface area contributed by atoms with Gasteiger partial charge in [0.2, 0.25) is 0 Å². The molecule has 1 atom stereocenters. The van der Waals surface area contributed by atoms with E-state index in [-0.39, 0.29) is 0 Å². The lowest BCUT2D eigenvalue weighted by Gasteiger charge is -2.24. The molecule has 1 rings (SSSR count). The second-order valence-corrected chi connectivity index (χ2v) is 4.46. The van der Waals surface area contributed by atoms with E-state index in [2.05, 4.69) is 22.5 Å². The number of allylic oxidation sites excluding steroid dienone is 1. The molecule has 0 heterocycles. The maximum atomic E-state index is 11.3. The number of carboxylic acid groups (broad SMARTS) is 1. The number of carboxylic acids is 1. The average molecular weight is 269 g/mol. The third kappa shape index (κ3) is 2.29. The van der Waals surface area contributed by atoms with Crippen LogP contribution in [-0.4, -0.2) is 11.1 Å². The maximum Gasteiger partial charge on any atom is 0.314 e. The highest BCUT2D eigenvalue weighted by molar-refractivity contribution is 9.10. The molecule has 0 saturated carbocycles. The normalized spacial score (nSPS) is 14.3. The molecule has 1 aromatic carbocycles. The third-order valence-corrected chi connectivity index (χ3v) is 3.18. The van der Waals surface area contributed by atoms with E-state index < -0.39 is 11.4 Å². The lowest BCUT2D eigenvalue weighted by atomic mass is 9.79. The molecular formula is C12H13BrO2. The van der Waals surface area contributed by atoms with Crippen molar-refractivity contribution in [1.29, 1.82) is 0 Å². The van der Waals surface area contributed by atoms with Gasteiger partial charge in [-0.25, -0.2) is 0 Å². The van der Waals surface area contributed by atoms with Crippen LogP contribution in [-0.2, 0) is 10.2 Å². The van der Waals surface area contributed by atoms with Gasteiger partial charge in [0, 0.05) is 4.47 Å². The van der Waals surface area contributed by atoms with Crippen LogP contribution in [0.3, 0.4) is 0 Å². The molecule has 1 unspecified atom stereocenters. The Hall–Kier alpha value is -1.09. The van der Waals surface area contributed by atoms with E-state index in [1.54, 1.807) is 13.0 Å². The molecule has 1 N–H and O–H groups in total. The van der Waals surface area contributed by atoms with E-state index in [1.165, 1.54) is 0 Å². The molecule has 0 fully saturated rings. The van der Waals surface area contributed by atoms with Gasteiger partial charge >= 0.3 is 5.97 Å².